The lowest BCUT2D eigenvalue weighted by molar-refractivity contribution is 0.0196. The average Bonchev–Trinajstić information content (AvgIpc) is 2.52. The number of aromatic nitrogens is 3. The molecule has 0 bridgehead atoms. The molecule has 146 valence electrons. The summed E-state index contributed by atoms with van der Waals surface area (Å²) in [6, 6.07) is 1.57. The highest BCUT2D eigenvalue weighted by Gasteiger charge is 2.36. The fraction of sp³-hybridized carbons (Fsp3) is 0.500. The lowest BCUT2D eigenvalue weighted by atomic mass is 10.1. The number of nitrogens with zero attached hydrogens (tertiary/aromatic N) is 5. The molecule has 1 amide bonds. The second kappa shape index (κ2) is 7.14. The number of carbonyl (C=O) groups excluding carboxylic acids is 1. The molecule has 3 rings (SSSR count). The molecule has 1 saturated heterocycles. The molecule has 0 spiro atoms. The summed E-state index contributed by atoms with van der Waals surface area (Å²) in [6.45, 7) is 6.62. The van der Waals surface area contributed by atoms with Gasteiger partial charge in [0.05, 0.1) is 11.1 Å². The zero-order valence-corrected chi connectivity index (χ0v) is 17.0. The van der Waals surface area contributed by atoms with Crippen molar-refractivity contribution in [3.8, 4) is 0 Å². The summed E-state index contributed by atoms with van der Waals surface area (Å²) >= 11 is 12.0. The van der Waals surface area contributed by atoms with E-state index in [1.807, 2.05) is 25.7 Å². The quantitative estimate of drug-likeness (QED) is 0.448. The molecule has 11 heteroatoms. The highest BCUT2D eigenvalue weighted by atomic mass is 35.5. The number of halogens is 2. The largest absolute Gasteiger partial charge is 0.444 e. The van der Waals surface area contributed by atoms with E-state index in [-0.39, 0.29) is 22.3 Å². The third-order valence-electron chi connectivity index (χ3n) is 4.08. The predicted octanol–water partition coefficient (Wildman–Crippen LogP) is 2.67. The number of rotatable bonds is 3. The topological polar surface area (TPSA) is 110 Å². The molecule has 3 N–H and O–H groups in total. The molecule has 0 aromatic carbocycles. The van der Waals surface area contributed by atoms with E-state index in [9.17, 15) is 4.79 Å². The van der Waals surface area contributed by atoms with Gasteiger partial charge in [0.2, 0.25) is 0 Å². The maximum absolute atomic E-state index is 12.2. The smallest absolute Gasteiger partial charge is 0.410 e. The molecule has 0 saturated carbocycles. The fourth-order valence-electron chi connectivity index (χ4n) is 2.61. The van der Waals surface area contributed by atoms with E-state index in [0.29, 0.717) is 35.9 Å². The zero-order valence-electron chi connectivity index (χ0n) is 15.5. The number of likely N-dealkylation sites (N-methyl/N-ethyl adjacent to an activating group) is 1. The minimum absolute atomic E-state index is 0.00950. The van der Waals surface area contributed by atoms with Gasteiger partial charge >= 0.3 is 6.09 Å². The Balaban J connectivity index is 1.77. The van der Waals surface area contributed by atoms with Crippen molar-refractivity contribution in [2.24, 2.45) is 5.84 Å². The van der Waals surface area contributed by atoms with Crippen LogP contribution in [0.25, 0.3) is 11.2 Å². The van der Waals surface area contributed by atoms with Crippen LogP contribution in [0.4, 0.5) is 16.4 Å². The maximum atomic E-state index is 12.2. The first-order valence-corrected chi connectivity index (χ1v) is 9.06. The lowest BCUT2D eigenvalue weighted by Gasteiger charge is -2.44. The number of carbonyl (C=O) groups is 1. The van der Waals surface area contributed by atoms with E-state index in [4.69, 9.17) is 33.8 Å². The monoisotopic (exact) mass is 413 g/mol. The number of hydrogen-bond donors (Lipinski definition) is 2. The minimum Gasteiger partial charge on any atom is -0.444 e. The van der Waals surface area contributed by atoms with Crippen molar-refractivity contribution in [1.82, 2.24) is 19.9 Å². The van der Waals surface area contributed by atoms with Crippen LogP contribution < -0.4 is 16.2 Å². The standard InChI is InChI=1S/C16H21Cl2N7O2/c1-16(2,3)27-15(26)24(4)8-6-25(7-8)14-13(23-19)20-10-5-9(17)11(18)21-12(10)22-14/h5,8H,6-7,19H2,1-4H3,(H,20,23). The predicted molar refractivity (Wildman–Crippen MR) is 105 cm³/mol. The lowest BCUT2D eigenvalue weighted by Crippen LogP contribution is -2.60. The van der Waals surface area contributed by atoms with Crippen molar-refractivity contribution in [2.75, 3.05) is 30.5 Å². The highest BCUT2D eigenvalue weighted by Crippen LogP contribution is 2.31. The number of fused-ring (bicyclic) bond motifs is 1. The Morgan fingerprint density at radius 3 is 2.59 bits per heavy atom. The van der Waals surface area contributed by atoms with Crippen LogP contribution >= 0.6 is 23.2 Å². The number of nitrogen functional groups attached to an aromatic ring is 1. The van der Waals surface area contributed by atoms with E-state index in [0.717, 1.165) is 0 Å². The number of hydrogen-bond acceptors (Lipinski definition) is 8. The first-order valence-electron chi connectivity index (χ1n) is 8.30. The molecule has 2 aromatic heterocycles. The van der Waals surface area contributed by atoms with E-state index in [1.54, 1.807) is 18.0 Å². The van der Waals surface area contributed by atoms with Crippen LogP contribution in [0, 0.1) is 0 Å². The van der Waals surface area contributed by atoms with Gasteiger partial charge in [0.1, 0.15) is 16.3 Å². The van der Waals surface area contributed by atoms with Crippen molar-refractivity contribution in [1.29, 1.82) is 0 Å². The molecule has 0 aliphatic carbocycles. The number of hydrazine groups is 1. The van der Waals surface area contributed by atoms with Gasteiger partial charge in [-0.3, -0.25) is 0 Å². The molecular weight excluding hydrogens is 393 g/mol. The van der Waals surface area contributed by atoms with Gasteiger partial charge in [0.15, 0.2) is 17.3 Å². The molecule has 0 unspecified atom stereocenters. The molecular formula is C16H21Cl2N7O2. The summed E-state index contributed by atoms with van der Waals surface area (Å²) in [4.78, 5) is 28.8. The van der Waals surface area contributed by atoms with Crippen LogP contribution in [0.1, 0.15) is 20.8 Å². The van der Waals surface area contributed by atoms with Crippen molar-refractivity contribution >= 4 is 52.1 Å². The number of nitrogens with two attached hydrogens (primary N) is 1. The van der Waals surface area contributed by atoms with Gasteiger partial charge in [-0.05, 0) is 26.8 Å². The van der Waals surface area contributed by atoms with Gasteiger partial charge in [-0.25, -0.2) is 25.6 Å². The van der Waals surface area contributed by atoms with Crippen LogP contribution in [0.5, 0.6) is 0 Å². The number of amides is 1. The van der Waals surface area contributed by atoms with Crippen LogP contribution in [0.15, 0.2) is 6.07 Å². The van der Waals surface area contributed by atoms with E-state index in [1.165, 1.54) is 0 Å². The second-order valence-electron chi connectivity index (χ2n) is 7.29. The zero-order chi connectivity index (χ0) is 19.9. The third kappa shape index (κ3) is 4.10. The number of ether oxygens (including phenoxy) is 1. The number of pyridine rings is 1. The third-order valence-corrected chi connectivity index (χ3v) is 4.75. The molecule has 0 atom stereocenters. The van der Waals surface area contributed by atoms with Gasteiger partial charge in [0, 0.05) is 20.1 Å². The number of nitrogens with one attached hydrogen (secondary N) is 1. The molecule has 9 nitrogen and oxygen atoms in total. The van der Waals surface area contributed by atoms with Crippen LogP contribution in [0.2, 0.25) is 10.2 Å². The molecule has 27 heavy (non-hydrogen) atoms. The summed E-state index contributed by atoms with van der Waals surface area (Å²) < 4.78 is 5.40. The van der Waals surface area contributed by atoms with Crippen LogP contribution in [0.3, 0.4) is 0 Å². The molecule has 1 aliphatic heterocycles. The van der Waals surface area contributed by atoms with Crippen LogP contribution in [-0.4, -0.2) is 57.7 Å². The Bertz CT molecular complexity index is 881. The molecule has 1 aliphatic rings. The molecule has 2 aromatic rings. The Morgan fingerprint density at radius 2 is 2.00 bits per heavy atom. The first kappa shape index (κ1) is 19.7. The van der Waals surface area contributed by atoms with Crippen molar-refractivity contribution in [3.63, 3.8) is 0 Å². The van der Waals surface area contributed by atoms with Gasteiger partial charge in [0.25, 0.3) is 0 Å². The average molecular weight is 414 g/mol. The summed E-state index contributed by atoms with van der Waals surface area (Å²) in [5.41, 5.74) is 2.84. The Kier molecular flexibility index (Phi) is 5.20. The van der Waals surface area contributed by atoms with Gasteiger partial charge < -0.3 is 20.0 Å². The Hall–Kier alpha value is -2.10. The summed E-state index contributed by atoms with van der Waals surface area (Å²) in [5, 5.41) is 0.446. The molecule has 1 fully saturated rings. The maximum Gasteiger partial charge on any atom is 0.410 e. The Labute approximate surface area is 166 Å². The van der Waals surface area contributed by atoms with Gasteiger partial charge in [-0.2, -0.15) is 0 Å². The van der Waals surface area contributed by atoms with Crippen molar-refractivity contribution in [2.45, 2.75) is 32.4 Å². The SMILES string of the molecule is CN(C(=O)OC(C)(C)C)C1CN(c2nc3nc(Cl)c(Cl)cc3nc2NN)C1. The summed E-state index contributed by atoms with van der Waals surface area (Å²) in [7, 11) is 1.72. The summed E-state index contributed by atoms with van der Waals surface area (Å²) in [6.07, 6.45) is -0.364. The minimum atomic E-state index is -0.540. The summed E-state index contributed by atoms with van der Waals surface area (Å²) in [5.74, 6) is 6.52. The number of anilines is 2. The van der Waals surface area contributed by atoms with Gasteiger partial charge in [-0.1, -0.05) is 23.2 Å². The van der Waals surface area contributed by atoms with Crippen molar-refractivity contribution in [3.05, 3.63) is 16.2 Å². The first-order chi connectivity index (χ1) is 12.6. The van der Waals surface area contributed by atoms with Crippen LogP contribution in [-0.2, 0) is 4.74 Å². The fourth-order valence-corrected chi connectivity index (χ4v) is 2.89. The molecule has 0 radical (unpaired) electrons. The van der Waals surface area contributed by atoms with Crippen molar-refractivity contribution < 1.29 is 9.53 Å². The van der Waals surface area contributed by atoms with E-state index >= 15 is 0 Å². The van der Waals surface area contributed by atoms with E-state index in [2.05, 4.69) is 20.4 Å². The van der Waals surface area contributed by atoms with E-state index < -0.39 is 5.60 Å². The second-order valence-corrected chi connectivity index (χ2v) is 8.06. The highest BCUT2D eigenvalue weighted by molar-refractivity contribution is 6.41. The molecule has 3 heterocycles. The Morgan fingerprint density at radius 1 is 1.33 bits per heavy atom. The van der Waals surface area contributed by atoms with Gasteiger partial charge in [-0.15, -0.1) is 0 Å². The normalized spacial score (nSPS) is 14.9.